The number of aromatic nitrogens is 1. The third-order valence-corrected chi connectivity index (χ3v) is 6.47. The van der Waals surface area contributed by atoms with E-state index in [9.17, 15) is 9.18 Å². The number of benzene rings is 2. The fraction of sp³-hybridized carbons (Fsp3) is 0.269. The average molecular weight is 416 g/mol. The van der Waals surface area contributed by atoms with Gasteiger partial charge in [-0.1, -0.05) is 19.1 Å². The lowest BCUT2D eigenvalue weighted by Crippen LogP contribution is -2.30. The second-order valence-corrected chi connectivity index (χ2v) is 8.37. The van der Waals surface area contributed by atoms with Crippen LogP contribution >= 0.6 is 0 Å². The van der Waals surface area contributed by atoms with E-state index in [0.29, 0.717) is 0 Å². The van der Waals surface area contributed by atoms with Gasteiger partial charge >= 0.3 is 0 Å². The first-order valence-electron chi connectivity index (χ1n) is 10.8. The van der Waals surface area contributed by atoms with Gasteiger partial charge in [-0.15, -0.1) is 0 Å². The van der Waals surface area contributed by atoms with Gasteiger partial charge in [-0.25, -0.2) is 4.39 Å². The molecular weight excluding hydrogens is 389 g/mol. The number of ketones is 1. The first kappa shape index (κ1) is 19.8. The molecule has 0 unspecified atom stereocenters. The molecule has 0 aliphatic carbocycles. The number of carbonyl (C=O) groups is 1. The molecule has 0 atom stereocenters. The van der Waals surface area contributed by atoms with Crippen LogP contribution < -0.4 is 4.90 Å². The zero-order valence-electron chi connectivity index (χ0n) is 18.2. The number of hydrogen-bond donors (Lipinski definition) is 0. The number of anilines is 2. The summed E-state index contributed by atoms with van der Waals surface area (Å²) in [6, 6.07) is 10.7. The maximum Gasteiger partial charge on any atom is 0.153 e. The lowest BCUT2D eigenvalue weighted by molar-refractivity contribution is -0.112. The summed E-state index contributed by atoms with van der Waals surface area (Å²) in [5.74, 6) is -0.324. The van der Waals surface area contributed by atoms with Crippen LogP contribution in [0.3, 0.4) is 0 Å². The van der Waals surface area contributed by atoms with Gasteiger partial charge in [0.2, 0.25) is 0 Å². The van der Waals surface area contributed by atoms with Crippen LogP contribution in [0.15, 0.2) is 54.8 Å². The van der Waals surface area contributed by atoms with Crippen LogP contribution in [-0.4, -0.2) is 28.3 Å². The van der Waals surface area contributed by atoms with Gasteiger partial charge in [-0.3, -0.25) is 9.69 Å². The fourth-order valence-electron chi connectivity index (χ4n) is 4.80. The normalized spacial score (nSPS) is 16.1. The Hall–Kier alpha value is -3.18. The number of aryl methyl sites for hydroxylation is 1. The Morgan fingerprint density at radius 2 is 1.97 bits per heavy atom. The quantitative estimate of drug-likeness (QED) is 0.416. The van der Waals surface area contributed by atoms with Gasteiger partial charge in [0.1, 0.15) is 5.82 Å². The smallest absolute Gasteiger partial charge is 0.153 e. The highest BCUT2D eigenvalue weighted by Gasteiger charge is 2.30. The summed E-state index contributed by atoms with van der Waals surface area (Å²) in [5.41, 5.74) is 8.10. The summed E-state index contributed by atoms with van der Waals surface area (Å²) in [6.45, 7) is 6.90. The molecule has 0 amide bonds. The molecule has 1 aromatic heterocycles. The van der Waals surface area contributed by atoms with Crippen LogP contribution in [-0.2, 0) is 24.8 Å². The summed E-state index contributed by atoms with van der Waals surface area (Å²) in [5, 5.41) is 1.33. The molecule has 3 heterocycles. The molecule has 0 saturated carbocycles. The first-order valence-corrected chi connectivity index (χ1v) is 10.8. The fourth-order valence-corrected chi connectivity index (χ4v) is 4.80. The minimum atomic E-state index is -0.287. The Kier molecular flexibility index (Phi) is 4.78. The van der Waals surface area contributed by atoms with Crippen molar-refractivity contribution in [3.05, 3.63) is 77.4 Å². The molecule has 0 saturated heterocycles. The van der Waals surface area contributed by atoms with Crippen LogP contribution in [0.4, 0.5) is 15.8 Å². The Morgan fingerprint density at radius 3 is 2.68 bits per heavy atom. The Bertz CT molecular complexity index is 1250. The van der Waals surface area contributed by atoms with E-state index < -0.39 is 0 Å². The third kappa shape index (κ3) is 3.29. The van der Waals surface area contributed by atoms with Gasteiger partial charge < -0.3 is 9.47 Å². The van der Waals surface area contributed by atoms with Crippen molar-refractivity contribution in [3.8, 4) is 0 Å². The predicted molar refractivity (Wildman–Crippen MR) is 124 cm³/mol. The number of nitrogens with zero attached hydrogens (tertiary/aromatic N) is 3. The predicted octanol–water partition coefficient (Wildman–Crippen LogP) is 5.33. The lowest BCUT2D eigenvalue weighted by atomic mass is 9.98. The van der Waals surface area contributed by atoms with Gasteiger partial charge in [0.15, 0.2) is 5.78 Å². The van der Waals surface area contributed by atoms with Crippen molar-refractivity contribution in [1.82, 2.24) is 9.47 Å². The van der Waals surface area contributed by atoms with Crippen LogP contribution in [0, 0.1) is 5.82 Å². The van der Waals surface area contributed by atoms with Crippen molar-refractivity contribution < 1.29 is 9.18 Å². The molecule has 0 spiro atoms. The van der Waals surface area contributed by atoms with Gasteiger partial charge in [0, 0.05) is 49.5 Å². The summed E-state index contributed by atoms with van der Waals surface area (Å²) in [7, 11) is 2.17. The van der Waals surface area contributed by atoms with E-state index in [1.165, 1.54) is 46.9 Å². The molecule has 4 nitrogen and oxygen atoms in total. The van der Waals surface area contributed by atoms with Crippen molar-refractivity contribution in [2.75, 3.05) is 18.0 Å². The van der Waals surface area contributed by atoms with Gasteiger partial charge in [-0.2, -0.15) is 0 Å². The largest absolute Gasteiger partial charge is 0.347 e. The van der Waals surface area contributed by atoms with Crippen molar-refractivity contribution in [2.45, 2.75) is 26.8 Å². The number of carbonyl (C=O) groups excluding carboxylic acids is 1. The van der Waals surface area contributed by atoms with E-state index >= 15 is 0 Å². The highest BCUT2D eigenvalue weighted by molar-refractivity contribution is 6.07. The summed E-state index contributed by atoms with van der Waals surface area (Å²) in [6.07, 6.45) is 6.63. The number of rotatable bonds is 5. The zero-order chi connectivity index (χ0) is 21.7. The Labute approximate surface area is 181 Å². The van der Waals surface area contributed by atoms with E-state index in [4.69, 9.17) is 0 Å². The molecule has 5 heteroatoms. The molecule has 158 valence electrons. The number of halogens is 1. The number of hydrogen-bond acceptors (Lipinski definition) is 3. The lowest BCUT2D eigenvalue weighted by Gasteiger charge is -2.33. The minimum absolute atomic E-state index is 0.0368. The maximum absolute atomic E-state index is 13.3. The average Bonchev–Trinajstić information content (AvgIpc) is 3.05. The highest BCUT2D eigenvalue weighted by Crippen LogP contribution is 2.48. The molecule has 31 heavy (non-hydrogen) atoms. The molecule has 2 bridgehead atoms. The number of allylic oxidation sites excluding steroid dienone is 3. The molecule has 2 aromatic carbocycles. The molecule has 0 N–H and O–H groups in total. The molecule has 2 aliphatic rings. The van der Waals surface area contributed by atoms with Gasteiger partial charge in [-0.05, 0) is 66.6 Å². The van der Waals surface area contributed by atoms with Gasteiger partial charge in [0.05, 0.1) is 11.2 Å². The number of fused-ring (bicyclic) bond motifs is 6. The van der Waals surface area contributed by atoms with E-state index in [2.05, 4.69) is 40.5 Å². The van der Waals surface area contributed by atoms with E-state index in [1.54, 1.807) is 18.2 Å². The first-order chi connectivity index (χ1) is 15.0. The second-order valence-electron chi connectivity index (χ2n) is 8.37. The molecule has 0 radical (unpaired) electrons. The van der Waals surface area contributed by atoms with E-state index in [1.807, 2.05) is 12.3 Å². The molecule has 2 aliphatic heterocycles. The maximum atomic E-state index is 13.3. The monoisotopic (exact) mass is 415 g/mol. The van der Waals surface area contributed by atoms with Crippen molar-refractivity contribution in [2.24, 2.45) is 7.05 Å². The van der Waals surface area contributed by atoms with Crippen molar-refractivity contribution in [3.63, 3.8) is 0 Å². The highest BCUT2D eigenvalue weighted by atomic mass is 19.1. The van der Waals surface area contributed by atoms with E-state index in [0.717, 1.165) is 42.9 Å². The second kappa shape index (κ2) is 7.50. The Balaban J connectivity index is 1.52. The summed E-state index contributed by atoms with van der Waals surface area (Å²) < 4.78 is 15.7. The molecule has 0 fully saturated rings. The summed E-state index contributed by atoms with van der Waals surface area (Å²) >= 11 is 0. The molecule has 3 aromatic rings. The standard InChI is InChI=1S/C26H26FN3O/c1-4-29-11-10-23-22(16-29)26-24(28(23)3)14-21-15-25(26)30(21)12-9-19(13-17(2)31)18-5-7-20(27)8-6-18/h5-9,12-15H,4,10-11,16H2,1-3H3/b12-9-,19-13+. The zero-order valence-corrected chi connectivity index (χ0v) is 18.2. The van der Waals surface area contributed by atoms with Gasteiger partial charge in [0.25, 0.3) is 0 Å². The van der Waals surface area contributed by atoms with Crippen molar-refractivity contribution >= 4 is 33.6 Å². The van der Waals surface area contributed by atoms with Crippen LogP contribution in [0.5, 0.6) is 0 Å². The van der Waals surface area contributed by atoms with Crippen LogP contribution in [0.1, 0.15) is 30.7 Å². The molecular formula is C26H26FN3O. The van der Waals surface area contributed by atoms with Crippen molar-refractivity contribution in [1.29, 1.82) is 0 Å². The summed E-state index contributed by atoms with van der Waals surface area (Å²) in [4.78, 5) is 16.5. The minimum Gasteiger partial charge on any atom is -0.347 e. The molecule has 5 rings (SSSR count). The van der Waals surface area contributed by atoms with Crippen LogP contribution in [0.25, 0.3) is 16.5 Å². The SMILES string of the molecule is CCN1CCc2c(c3c4cc(cc3n2C)N4/C=C\C(=C/C(C)=O)c2ccc(F)cc2)C1. The third-order valence-electron chi connectivity index (χ3n) is 6.47. The van der Waals surface area contributed by atoms with Crippen LogP contribution in [0.2, 0.25) is 0 Å². The Morgan fingerprint density at radius 1 is 1.19 bits per heavy atom. The number of likely N-dealkylation sites (N-methyl/N-ethyl adjacent to an activating group) is 1. The van der Waals surface area contributed by atoms with E-state index in [-0.39, 0.29) is 11.6 Å². The topological polar surface area (TPSA) is 28.5 Å².